The summed E-state index contributed by atoms with van der Waals surface area (Å²) in [6, 6.07) is 1.69. The Morgan fingerprint density at radius 3 is 2.52 bits per heavy atom. The average molecular weight is 300 g/mol. The van der Waals surface area contributed by atoms with Crippen LogP contribution in [0, 0.1) is 23.3 Å². The molecule has 0 radical (unpaired) electrons. The zero-order valence-corrected chi connectivity index (χ0v) is 11.1. The second-order valence-corrected chi connectivity index (χ2v) is 4.16. The lowest BCUT2D eigenvalue weighted by molar-refractivity contribution is 0.449. The van der Waals surface area contributed by atoms with E-state index in [1.165, 1.54) is 0 Å². The first-order chi connectivity index (χ1) is 10.0. The van der Waals surface area contributed by atoms with E-state index in [2.05, 4.69) is 20.6 Å². The quantitative estimate of drug-likeness (QED) is 0.654. The molecule has 2 aromatic rings. The highest BCUT2D eigenvalue weighted by atomic mass is 19.2. The van der Waals surface area contributed by atoms with E-state index < -0.39 is 29.0 Å². The molecule has 0 amide bonds. The fourth-order valence-electron chi connectivity index (χ4n) is 1.53. The first-order valence-corrected chi connectivity index (χ1v) is 6.19. The molecule has 4 nitrogen and oxygen atoms in total. The number of rotatable bonds is 5. The number of nitrogens with zero attached hydrogens (tertiary/aromatic N) is 2. The van der Waals surface area contributed by atoms with Crippen molar-refractivity contribution in [2.75, 3.05) is 17.2 Å². The Morgan fingerprint density at radius 2 is 1.81 bits per heavy atom. The maximum Gasteiger partial charge on any atom is 0.224 e. The van der Waals surface area contributed by atoms with Crippen LogP contribution in [0.15, 0.2) is 18.3 Å². The summed E-state index contributed by atoms with van der Waals surface area (Å²) in [7, 11) is 0. The molecule has 0 unspecified atom stereocenters. The summed E-state index contributed by atoms with van der Waals surface area (Å²) in [5.74, 6) is -5.46. The van der Waals surface area contributed by atoms with E-state index in [0.29, 0.717) is 6.54 Å². The van der Waals surface area contributed by atoms with E-state index in [4.69, 9.17) is 0 Å². The predicted molar refractivity (Wildman–Crippen MR) is 70.4 cm³/mol. The number of nitrogens with one attached hydrogen (secondary N) is 2. The highest BCUT2D eigenvalue weighted by molar-refractivity contribution is 5.58. The Hall–Kier alpha value is -2.38. The SMILES string of the molecule is CCCNc1ncc(F)c(Nc2ccc(F)c(F)c2F)n1. The molecule has 2 N–H and O–H groups in total. The van der Waals surface area contributed by atoms with Gasteiger partial charge in [-0.05, 0) is 18.6 Å². The van der Waals surface area contributed by atoms with E-state index in [-0.39, 0.29) is 11.8 Å². The lowest BCUT2D eigenvalue weighted by Crippen LogP contribution is -2.08. The minimum absolute atomic E-state index is 0.142. The number of halogens is 4. The van der Waals surface area contributed by atoms with Crippen LogP contribution in [-0.2, 0) is 0 Å². The zero-order chi connectivity index (χ0) is 15.4. The van der Waals surface area contributed by atoms with Gasteiger partial charge >= 0.3 is 0 Å². The molecule has 0 saturated carbocycles. The predicted octanol–water partition coefficient (Wildman–Crippen LogP) is 3.60. The van der Waals surface area contributed by atoms with Crippen LogP contribution in [0.1, 0.15) is 13.3 Å². The van der Waals surface area contributed by atoms with Crippen LogP contribution in [0.5, 0.6) is 0 Å². The van der Waals surface area contributed by atoms with E-state index >= 15 is 0 Å². The fourth-order valence-corrected chi connectivity index (χ4v) is 1.53. The van der Waals surface area contributed by atoms with Gasteiger partial charge in [-0.15, -0.1) is 0 Å². The van der Waals surface area contributed by atoms with Crippen LogP contribution in [-0.4, -0.2) is 16.5 Å². The Balaban J connectivity index is 2.28. The molecule has 0 aliphatic carbocycles. The third-order valence-electron chi connectivity index (χ3n) is 2.57. The molecule has 8 heteroatoms. The summed E-state index contributed by atoms with van der Waals surface area (Å²) in [4.78, 5) is 7.51. The number of hydrogen-bond donors (Lipinski definition) is 2. The van der Waals surface area contributed by atoms with Gasteiger partial charge in [0.1, 0.15) is 0 Å². The largest absolute Gasteiger partial charge is 0.354 e. The molecule has 0 aliphatic heterocycles. The van der Waals surface area contributed by atoms with Crippen LogP contribution in [0.3, 0.4) is 0 Å². The van der Waals surface area contributed by atoms with Crippen molar-refractivity contribution in [3.05, 3.63) is 41.6 Å². The van der Waals surface area contributed by atoms with Crippen molar-refractivity contribution in [1.82, 2.24) is 9.97 Å². The number of benzene rings is 1. The summed E-state index contributed by atoms with van der Waals surface area (Å²) in [5.41, 5.74) is -0.423. The van der Waals surface area contributed by atoms with Gasteiger partial charge in [0.25, 0.3) is 0 Å². The van der Waals surface area contributed by atoms with E-state index in [0.717, 1.165) is 24.8 Å². The van der Waals surface area contributed by atoms with Crippen molar-refractivity contribution >= 4 is 17.5 Å². The standard InChI is InChI=1S/C13H12F4N4/c1-2-5-18-13-19-6-8(15)12(21-13)20-9-4-3-7(14)10(16)11(9)17/h3-4,6H,2,5H2,1H3,(H2,18,19,20,21). The molecule has 0 spiro atoms. The monoisotopic (exact) mass is 300 g/mol. The van der Waals surface area contributed by atoms with Crippen molar-refractivity contribution in [1.29, 1.82) is 0 Å². The van der Waals surface area contributed by atoms with Crippen molar-refractivity contribution in [2.24, 2.45) is 0 Å². The van der Waals surface area contributed by atoms with Crippen LogP contribution >= 0.6 is 0 Å². The van der Waals surface area contributed by atoms with Crippen molar-refractivity contribution in [3.8, 4) is 0 Å². The zero-order valence-electron chi connectivity index (χ0n) is 11.1. The highest BCUT2D eigenvalue weighted by Gasteiger charge is 2.15. The third kappa shape index (κ3) is 3.39. The number of hydrogen-bond acceptors (Lipinski definition) is 4. The second-order valence-electron chi connectivity index (χ2n) is 4.16. The highest BCUT2D eigenvalue weighted by Crippen LogP contribution is 2.24. The van der Waals surface area contributed by atoms with Gasteiger partial charge in [0, 0.05) is 6.54 Å². The van der Waals surface area contributed by atoms with Crippen LogP contribution in [0.4, 0.5) is 35.0 Å². The minimum atomic E-state index is -1.64. The molecular formula is C13H12F4N4. The molecule has 1 aromatic heterocycles. The topological polar surface area (TPSA) is 49.8 Å². The van der Waals surface area contributed by atoms with Crippen LogP contribution in [0.25, 0.3) is 0 Å². The summed E-state index contributed by atoms with van der Waals surface area (Å²) in [6.45, 7) is 2.50. The van der Waals surface area contributed by atoms with Crippen LogP contribution < -0.4 is 10.6 Å². The first-order valence-electron chi connectivity index (χ1n) is 6.19. The maximum atomic E-state index is 13.6. The molecule has 2 rings (SSSR count). The Kier molecular flexibility index (Phi) is 4.56. The molecule has 0 bridgehead atoms. The molecule has 1 heterocycles. The van der Waals surface area contributed by atoms with E-state index in [1.54, 1.807) is 0 Å². The van der Waals surface area contributed by atoms with Gasteiger partial charge in [-0.25, -0.2) is 22.5 Å². The lowest BCUT2D eigenvalue weighted by Gasteiger charge is -2.10. The Bertz CT molecular complexity index is 648. The average Bonchev–Trinajstić information content (AvgIpc) is 2.48. The number of aromatic nitrogens is 2. The summed E-state index contributed by atoms with van der Waals surface area (Å²) >= 11 is 0. The minimum Gasteiger partial charge on any atom is -0.354 e. The van der Waals surface area contributed by atoms with Gasteiger partial charge in [-0.3, -0.25) is 0 Å². The molecule has 0 aliphatic rings. The van der Waals surface area contributed by atoms with Gasteiger partial charge in [0.15, 0.2) is 29.1 Å². The normalized spacial score (nSPS) is 10.5. The molecule has 0 saturated heterocycles. The second kappa shape index (κ2) is 6.38. The molecule has 0 atom stereocenters. The van der Waals surface area contributed by atoms with Crippen molar-refractivity contribution in [3.63, 3.8) is 0 Å². The number of anilines is 3. The molecule has 0 fully saturated rings. The maximum absolute atomic E-state index is 13.6. The van der Waals surface area contributed by atoms with Crippen LogP contribution in [0.2, 0.25) is 0 Å². The molecule has 21 heavy (non-hydrogen) atoms. The van der Waals surface area contributed by atoms with E-state index in [9.17, 15) is 17.6 Å². The van der Waals surface area contributed by atoms with E-state index in [1.807, 2.05) is 6.92 Å². The van der Waals surface area contributed by atoms with Gasteiger partial charge in [-0.1, -0.05) is 6.92 Å². The lowest BCUT2D eigenvalue weighted by atomic mass is 10.3. The van der Waals surface area contributed by atoms with Gasteiger partial charge in [0.2, 0.25) is 5.95 Å². The van der Waals surface area contributed by atoms with Crippen molar-refractivity contribution < 1.29 is 17.6 Å². The Morgan fingerprint density at radius 1 is 1.05 bits per heavy atom. The fraction of sp³-hybridized carbons (Fsp3) is 0.231. The Labute approximate surface area is 118 Å². The van der Waals surface area contributed by atoms with Gasteiger partial charge in [0.05, 0.1) is 11.9 Å². The molecular weight excluding hydrogens is 288 g/mol. The third-order valence-corrected chi connectivity index (χ3v) is 2.57. The smallest absolute Gasteiger partial charge is 0.224 e. The van der Waals surface area contributed by atoms with Gasteiger partial charge < -0.3 is 10.6 Å². The van der Waals surface area contributed by atoms with Crippen molar-refractivity contribution in [2.45, 2.75) is 13.3 Å². The first kappa shape index (κ1) is 15.0. The van der Waals surface area contributed by atoms with Gasteiger partial charge in [-0.2, -0.15) is 4.98 Å². The summed E-state index contributed by atoms with van der Waals surface area (Å²) in [5, 5.41) is 5.10. The molecule has 112 valence electrons. The summed E-state index contributed by atoms with van der Waals surface area (Å²) in [6.07, 6.45) is 1.70. The molecule has 1 aromatic carbocycles. The summed E-state index contributed by atoms with van der Waals surface area (Å²) < 4.78 is 53.0.